The number of hydrogen-bond donors (Lipinski definition) is 0. The minimum absolute atomic E-state index is 1.03. The highest BCUT2D eigenvalue weighted by Crippen LogP contribution is 2.25. The summed E-state index contributed by atoms with van der Waals surface area (Å²) in [5.74, 6) is 0. The van der Waals surface area contributed by atoms with Crippen LogP contribution in [0.3, 0.4) is 0 Å². The Hall–Kier alpha value is -2.15. The lowest BCUT2D eigenvalue weighted by atomic mass is 10.1. The third-order valence-electron chi connectivity index (χ3n) is 3.67. The van der Waals surface area contributed by atoms with Gasteiger partial charge in [-0.2, -0.15) is 0 Å². The lowest BCUT2D eigenvalue weighted by molar-refractivity contribution is 1.20. The zero-order valence-corrected chi connectivity index (χ0v) is 12.3. The highest BCUT2D eigenvalue weighted by Gasteiger charge is 2.06. The molecule has 0 bridgehead atoms. The highest BCUT2D eigenvalue weighted by atomic mass is 14.7. The van der Waals surface area contributed by atoms with Gasteiger partial charge in [-0.3, -0.25) is 0 Å². The Balaban J connectivity index is 2.12. The standard InChI is InChI=1S/C19H19N/c1-13-4-5-14(2)12-17(11-13)19-9-7-16-10-15(3)6-8-18(16)20-19/h4,6-12H,5H2,1-3H3. The molecule has 1 heteroatoms. The van der Waals surface area contributed by atoms with Gasteiger partial charge in [0, 0.05) is 11.0 Å². The number of aromatic nitrogens is 1. The fourth-order valence-electron chi connectivity index (χ4n) is 2.55. The van der Waals surface area contributed by atoms with Crippen LogP contribution >= 0.6 is 0 Å². The molecule has 0 unspecified atom stereocenters. The first-order valence-electron chi connectivity index (χ1n) is 7.05. The van der Waals surface area contributed by atoms with Crippen LogP contribution in [-0.2, 0) is 0 Å². The van der Waals surface area contributed by atoms with Gasteiger partial charge in [0.25, 0.3) is 0 Å². The Labute approximate surface area is 120 Å². The molecule has 1 aromatic heterocycles. The average molecular weight is 261 g/mol. The molecule has 0 aliphatic heterocycles. The van der Waals surface area contributed by atoms with Crippen molar-refractivity contribution in [3.63, 3.8) is 0 Å². The van der Waals surface area contributed by atoms with Crippen LogP contribution in [0.2, 0.25) is 0 Å². The average Bonchev–Trinajstić information content (AvgIpc) is 2.60. The van der Waals surface area contributed by atoms with Gasteiger partial charge in [0.15, 0.2) is 0 Å². The van der Waals surface area contributed by atoms with Crippen molar-refractivity contribution >= 4 is 16.5 Å². The number of hydrogen-bond acceptors (Lipinski definition) is 1. The Bertz CT molecular complexity index is 760. The van der Waals surface area contributed by atoms with Gasteiger partial charge in [0.1, 0.15) is 0 Å². The van der Waals surface area contributed by atoms with Crippen molar-refractivity contribution in [1.29, 1.82) is 0 Å². The Morgan fingerprint density at radius 2 is 1.80 bits per heavy atom. The van der Waals surface area contributed by atoms with E-state index in [9.17, 15) is 0 Å². The zero-order chi connectivity index (χ0) is 14.1. The molecule has 0 N–H and O–H groups in total. The zero-order valence-electron chi connectivity index (χ0n) is 12.3. The van der Waals surface area contributed by atoms with Crippen LogP contribution in [0.1, 0.15) is 31.5 Å². The number of nitrogens with zero attached hydrogens (tertiary/aromatic N) is 1. The summed E-state index contributed by atoms with van der Waals surface area (Å²) in [7, 11) is 0. The van der Waals surface area contributed by atoms with Crippen molar-refractivity contribution in [3.8, 4) is 0 Å². The van der Waals surface area contributed by atoms with Crippen LogP contribution in [0, 0.1) is 6.92 Å². The van der Waals surface area contributed by atoms with E-state index in [2.05, 4.69) is 69.3 Å². The normalized spacial score (nSPS) is 15.4. The molecule has 100 valence electrons. The third kappa shape index (κ3) is 2.57. The predicted octanol–water partition coefficient (Wildman–Crippen LogP) is 5.22. The molecular formula is C19H19N. The molecule has 0 spiro atoms. The van der Waals surface area contributed by atoms with Gasteiger partial charge in [-0.15, -0.1) is 0 Å². The van der Waals surface area contributed by atoms with Crippen LogP contribution in [0.4, 0.5) is 0 Å². The number of aryl methyl sites for hydroxylation is 1. The molecule has 0 saturated carbocycles. The van der Waals surface area contributed by atoms with E-state index in [0.717, 1.165) is 17.6 Å². The lowest BCUT2D eigenvalue weighted by Crippen LogP contribution is -1.89. The molecule has 20 heavy (non-hydrogen) atoms. The molecule has 0 atom stereocenters. The number of pyridine rings is 1. The van der Waals surface area contributed by atoms with E-state index in [1.165, 1.54) is 27.7 Å². The third-order valence-corrected chi connectivity index (χ3v) is 3.67. The fourth-order valence-corrected chi connectivity index (χ4v) is 2.55. The largest absolute Gasteiger partial charge is 0.248 e. The Morgan fingerprint density at radius 3 is 2.65 bits per heavy atom. The summed E-state index contributed by atoms with van der Waals surface area (Å²) in [5, 5.41) is 1.20. The summed E-state index contributed by atoms with van der Waals surface area (Å²) < 4.78 is 0. The molecule has 0 saturated heterocycles. The molecule has 1 heterocycles. The van der Waals surface area contributed by atoms with Crippen LogP contribution in [-0.4, -0.2) is 4.98 Å². The van der Waals surface area contributed by atoms with Crippen LogP contribution < -0.4 is 0 Å². The first-order valence-corrected chi connectivity index (χ1v) is 7.05. The topological polar surface area (TPSA) is 12.9 Å². The summed E-state index contributed by atoms with van der Waals surface area (Å²) in [5.41, 5.74) is 7.27. The van der Waals surface area contributed by atoms with Gasteiger partial charge in [0.05, 0.1) is 11.2 Å². The second-order valence-electron chi connectivity index (χ2n) is 5.64. The monoisotopic (exact) mass is 261 g/mol. The van der Waals surface area contributed by atoms with Crippen molar-refractivity contribution in [1.82, 2.24) is 4.98 Å². The van der Waals surface area contributed by atoms with E-state index in [4.69, 9.17) is 4.98 Å². The summed E-state index contributed by atoms with van der Waals surface area (Å²) in [4.78, 5) is 4.81. The summed E-state index contributed by atoms with van der Waals surface area (Å²) in [6.45, 7) is 6.44. The highest BCUT2D eigenvalue weighted by molar-refractivity contribution is 5.84. The predicted molar refractivity (Wildman–Crippen MR) is 86.6 cm³/mol. The molecule has 1 aliphatic rings. The first kappa shape index (κ1) is 12.9. The molecule has 3 rings (SSSR count). The number of benzene rings is 1. The summed E-state index contributed by atoms with van der Waals surface area (Å²) >= 11 is 0. The van der Waals surface area contributed by atoms with Crippen LogP contribution in [0.15, 0.2) is 59.7 Å². The number of fused-ring (bicyclic) bond motifs is 1. The summed E-state index contributed by atoms with van der Waals surface area (Å²) in [6, 6.07) is 10.7. The maximum Gasteiger partial charge on any atom is 0.0709 e. The molecule has 0 amide bonds. The van der Waals surface area contributed by atoms with Gasteiger partial charge in [-0.25, -0.2) is 4.98 Å². The second-order valence-corrected chi connectivity index (χ2v) is 5.64. The molecule has 1 aromatic carbocycles. The first-order chi connectivity index (χ1) is 9.61. The molecule has 1 nitrogen and oxygen atoms in total. The number of allylic oxidation sites excluding steroid dienone is 6. The quantitative estimate of drug-likeness (QED) is 0.685. The maximum absolute atomic E-state index is 4.81. The minimum atomic E-state index is 1.03. The van der Waals surface area contributed by atoms with E-state index in [0.29, 0.717) is 0 Å². The van der Waals surface area contributed by atoms with E-state index >= 15 is 0 Å². The molecule has 2 aromatic rings. The van der Waals surface area contributed by atoms with Gasteiger partial charge in [-0.05, 0) is 45.4 Å². The smallest absolute Gasteiger partial charge is 0.0709 e. The van der Waals surface area contributed by atoms with E-state index in [-0.39, 0.29) is 0 Å². The Morgan fingerprint density at radius 1 is 0.950 bits per heavy atom. The fraction of sp³-hybridized carbons (Fsp3) is 0.211. The summed E-state index contributed by atoms with van der Waals surface area (Å²) in [6.07, 6.45) is 7.76. The van der Waals surface area contributed by atoms with Crippen molar-refractivity contribution in [2.75, 3.05) is 0 Å². The minimum Gasteiger partial charge on any atom is -0.248 e. The SMILES string of the molecule is CC1=CCC(C)=CC(c2ccc3cc(C)ccc3n2)=C1. The molecule has 0 radical (unpaired) electrons. The van der Waals surface area contributed by atoms with Crippen LogP contribution in [0.25, 0.3) is 16.5 Å². The lowest BCUT2D eigenvalue weighted by Gasteiger charge is -2.05. The van der Waals surface area contributed by atoms with E-state index < -0.39 is 0 Å². The molecule has 0 fully saturated rings. The van der Waals surface area contributed by atoms with Crippen molar-refractivity contribution in [2.24, 2.45) is 0 Å². The van der Waals surface area contributed by atoms with Gasteiger partial charge in [-0.1, -0.05) is 47.1 Å². The van der Waals surface area contributed by atoms with E-state index in [1.807, 2.05) is 0 Å². The molecule has 1 aliphatic carbocycles. The number of rotatable bonds is 1. The van der Waals surface area contributed by atoms with Gasteiger partial charge < -0.3 is 0 Å². The van der Waals surface area contributed by atoms with E-state index in [1.54, 1.807) is 0 Å². The Kier molecular flexibility index (Phi) is 3.27. The van der Waals surface area contributed by atoms with Crippen molar-refractivity contribution < 1.29 is 0 Å². The van der Waals surface area contributed by atoms with Gasteiger partial charge in [0.2, 0.25) is 0 Å². The van der Waals surface area contributed by atoms with Gasteiger partial charge >= 0.3 is 0 Å². The van der Waals surface area contributed by atoms with Crippen molar-refractivity contribution in [3.05, 3.63) is 71.0 Å². The second kappa shape index (κ2) is 5.09. The van der Waals surface area contributed by atoms with Crippen molar-refractivity contribution in [2.45, 2.75) is 27.2 Å². The van der Waals surface area contributed by atoms with Crippen LogP contribution in [0.5, 0.6) is 0 Å². The molecular weight excluding hydrogens is 242 g/mol. The maximum atomic E-state index is 4.81.